The van der Waals surface area contributed by atoms with Gasteiger partial charge in [0.05, 0.1) is 18.8 Å². The van der Waals surface area contributed by atoms with Crippen LogP contribution in [-0.4, -0.2) is 57.3 Å². The molecule has 0 aliphatic carbocycles. The minimum absolute atomic E-state index is 0.224. The summed E-state index contributed by atoms with van der Waals surface area (Å²) in [4.78, 5) is 12.4. The third-order valence-corrected chi connectivity index (χ3v) is 10.6. The maximum atomic E-state index is 12.4. The van der Waals surface area contributed by atoms with Gasteiger partial charge in [0.15, 0.2) is 0 Å². The molecule has 0 bridgehead atoms. The lowest BCUT2D eigenvalue weighted by molar-refractivity contribution is -0.126. The molecule has 0 rings (SSSR count). The summed E-state index contributed by atoms with van der Waals surface area (Å²) in [6, 6.07) is -0.978. The van der Waals surface area contributed by atoms with Crippen LogP contribution in [0.3, 0.4) is 0 Å². The van der Waals surface area contributed by atoms with Gasteiger partial charge in [-0.15, -0.1) is 0 Å². The van der Waals surface area contributed by atoms with Crippen molar-refractivity contribution < 1.29 is 25.2 Å². The summed E-state index contributed by atoms with van der Waals surface area (Å²) < 4.78 is 0. The van der Waals surface area contributed by atoms with Crippen molar-refractivity contribution in [2.45, 2.75) is 263 Å². The predicted molar refractivity (Wildman–Crippen MR) is 210 cm³/mol. The lowest BCUT2D eigenvalue weighted by Crippen LogP contribution is -2.53. The number of carbonyl (C=O) groups is 1. The lowest BCUT2D eigenvalue weighted by atomic mass is 9.96. The van der Waals surface area contributed by atoms with E-state index in [2.05, 4.69) is 19.2 Å². The number of hydrogen-bond acceptors (Lipinski definition) is 5. The molecule has 294 valence electrons. The third-order valence-electron chi connectivity index (χ3n) is 10.6. The number of amides is 1. The zero-order valence-corrected chi connectivity index (χ0v) is 33.0. The SMILES string of the molecule is CCCCCCCCCCCCCCCCCCCCCCCCC(=O)NC(CO)C(O)C(O)C(O)CCCCCCCCCCCCC. The van der Waals surface area contributed by atoms with Crippen LogP contribution in [0.15, 0.2) is 0 Å². The Hall–Kier alpha value is -0.690. The van der Waals surface area contributed by atoms with Crippen LogP contribution in [0.2, 0.25) is 0 Å². The second kappa shape index (κ2) is 38.5. The Balaban J connectivity index is 3.64. The van der Waals surface area contributed by atoms with Crippen LogP contribution in [0.5, 0.6) is 0 Å². The maximum Gasteiger partial charge on any atom is 0.220 e. The summed E-state index contributed by atoms with van der Waals surface area (Å²) in [7, 11) is 0. The molecule has 0 aromatic heterocycles. The second-order valence-corrected chi connectivity index (χ2v) is 15.4. The fourth-order valence-corrected chi connectivity index (χ4v) is 7.07. The van der Waals surface area contributed by atoms with Crippen molar-refractivity contribution in [1.29, 1.82) is 0 Å². The van der Waals surface area contributed by atoms with Crippen molar-refractivity contribution >= 4 is 5.91 Å². The summed E-state index contributed by atoms with van der Waals surface area (Å²) in [5.74, 6) is -0.224. The molecule has 0 saturated carbocycles. The van der Waals surface area contributed by atoms with Gasteiger partial charge in [-0.25, -0.2) is 0 Å². The Morgan fingerprint density at radius 2 is 0.714 bits per heavy atom. The highest BCUT2D eigenvalue weighted by Gasteiger charge is 2.31. The van der Waals surface area contributed by atoms with Crippen LogP contribution in [0, 0.1) is 0 Å². The van der Waals surface area contributed by atoms with Crippen molar-refractivity contribution in [1.82, 2.24) is 5.32 Å². The summed E-state index contributed by atoms with van der Waals surface area (Å²) in [5, 5.41) is 43.8. The van der Waals surface area contributed by atoms with E-state index in [4.69, 9.17) is 0 Å². The minimum Gasteiger partial charge on any atom is -0.394 e. The van der Waals surface area contributed by atoms with Gasteiger partial charge in [-0.3, -0.25) is 4.79 Å². The number of hydrogen-bond donors (Lipinski definition) is 5. The fraction of sp³-hybridized carbons (Fsp3) is 0.977. The Bertz CT molecular complexity index is 662. The molecule has 0 heterocycles. The molecule has 6 nitrogen and oxygen atoms in total. The van der Waals surface area contributed by atoms with E-state index in [0.29, 0.717) is 12.8 Å². The van der Waals surface area contributed by atoms with Crippen LogP contribution in [0.1, 0.15) is 239 Å². The van der Waals surface area contributed by atoms with Crippen molar-refractivity contribution in [3.8, 4) is 0 Å². The first-order chi connectivity index (χ1) is 24.0. The molecule has 0 aromatic rings. The van der Waals surface area contributed by atoms with E-state index < -0.39 is 31.0 Å². The predicted octanol–water partition coefficient (Wildman–Crippen LogP) is 11.2. The molecule has 1 amide bonds. The van der Waals surface area contributed by atoms with Crippen molar-refractivity contribution in [3.05, 3.63) is 0 Å². The highest BCUT2D eigenvalue weighted by atomic mass is 16.4. The molecule has 0 fully saturated rings. The lowest BCUT2D eigenvalue weighted by Gasteiger charge is -2.29. The number of unbranched alkanes of at least 4 members (excludes halogenated alkanes) is 31. The highest BCUT2D eigenvalue weighted by molar-refractivity contribution is 5.76. The summed E-state index contributed by atoms with van der Waals surface area (Å²) in [6.45, 7) is 4.05. The van der Waals surface area contributed by atoms with Gasteiger partial charge in [0.1, 0.15) is 12.2 Å². The van der Waals surface area contributed by atoms with Gasteiger partial charge in [-0.2, -0.15) is 0 Å². The molecule has 0 aliphatic rings. The zero-order chi connectivity index (χ0) is 36.0. The number of rotatable bonds is 40. The molecule has 4 atom stereocenters. The first-order valence-electron chi connectivity index (χ1n) is 21.9. The quantitative estimate of drug-likeness (QED) is 0.0409. The van der Waals surface area contributed by atoms with Crippen LogP contribution < -0.4 is 5.32 Å². The van der Waals surface area contributed by atoms with E-state index in [9.17, 15) is 25.2 Å². The van der Waals surface area contributed by atoms with Gasteiger partial charge in [0, 0.05) is 6.42 Å². The van der Waals surface area contributed by atoms with Gasteiger partial charge in [0.25, 0.3) is 0 Å². The minimum atomic E-state index is -1.40. The summed E-state index contributed by atoms with van der Waals surface area (Å²) in [6.07, 6.45) is 39.4. The molecule has 0 saturated heterocycles. The van der Waals surface area contributed by atoms with Crippen LogP contribution in [-0.2, 0) is 4.79 Å². The number of carbonyl (C=O) groups excluding carboxylic acids is 1. The Morgan fingerprint density at radius 1 is 0.429 bits per heavy atom. The van der Waals surface area contributed by atoms with E-state index in [1.165, 1.54) is 173 Å². The largest absolute Gasteiger partial charge is 0.394 e. The van der Waals surface area contributed by atoms with Gasteiger partial charge in [-0.1, -0.05) is 219 Å². The van der Waals surface area contributed by atoms with E-state index >= 15 is 0 Å². The number of aliphatic hydroxyl groups excluding tert-OH is 4. The normalized spacial score (nSPS) is 14.2. The number of aliphatic hydroxyl groups is 4. The Kier molecular flexibility index (Phi) is 38.0. The summed E-state index contributed by atoms with van der Waals surface area (Å²) in [5.41, 5.74) is 0. The molecule has 4 unspecified atom stereocenters. The smallest absolute Gasteiger partial charge is 0.220 e. The van der Waals surface area contributed by atoms with Gasteiger partial charge in [0.2, 0.25) is 5.91 Å². The Labute approximate surface area is 305 Å². The van der Waals surface area contributed by atoms with Crippen LogP contribution >= 0.6 is 0 Å². The van der Waals surface area contributed by atoms with E-state index in [0.717, 1.165) is 38.5 Å². The average molecular weight is 698 g/mol. The van der Waals surface area contributed by atoms with Gasteiger partial charge in [-0.05, 0) is 12.8 Å². The van der Waals surface area contributed by atoms with Crippen molar-refractivity contribution in [3.63, 3.8) is 0 Å². The first-order valence-corrected chi connectivity index (χ1v) is 21.9. The summed E-state index contributed by atoms with van der Waals surface area (Å²) >= 11 is 0. The fourth-order valence-electron chi connectivity index (χ4n) is 7.07. The standard InChI is InChI=1S/C43H87NO5/c1-3-5-7-9-11-13-15-16-17-18-19-20-21-22-23-24-25-27-29-31-33-35-37-41(47)44-39(38-45)42(48)43(49)40(46)36-34-32-30-28-26-14-12-10-8-6-4-2/h39-40,42-43,45-46,48-49H,3-38H2,1-2H3,(H,44,47). The van der Waals surface area contributed by atoms with E-state index in [1.54, 1.807) is 0 Å². The topological polar surface area (TPSA) is 110 Å². The Morgan fingerprint density at radius 3 is 1.02 bits per heavy atom. The van der Waals surface area contributed by atoms with Gasteiger partial charge >= 0.3 is 0 Å². The molecule has 49 heavy (non-hydrogen) atoms. The highest BCUT2D eigenvalue weighted by Crippen LogP contribution is 2.17. The molecular formula is C43H87NO5. The monoisotopic (exact) mass is 698 g/mol. The molecule has 0 radical (unpaired) electrons. The third kappa shape index (κ3) is 32.9. The molecule has 0 aromatic carbocycles. The van der Waals surface area contributed by atoms with Crippen molar-refractivity contribution in [2.75, 3.05) is 6.61 Å². The average Bonchev–Trinajstić information content (AvgIpc) is 3.10. The number of nitrogens with one attached hydrogen (secondary N) is 1. The van der Waals surface area contributed by atoms with E-state index in [1.807, 2.05) is 0 Å². The molecular weight excluding hydrogens is 610 g/mol. The molecule has 6 heteroatoms. The van der Waals surface area contributed by atoms with E-state index in [-0.39, 0.29) is 5.91 Å². The van der Waals surface area contributed by atoms with Gasteiger partial charge < -0.3 is 25.7 Å². The van der Waals surface area contributed by atoms with Crippen LogP contribution in [0.4, 0.5) is 0 Å². The zero-order valence-electron chi connectivity index (χ0n) is 33.0. The molecule has 0 spiro atoms. The first kappa shape index (κ1) is 48.3. The van der Waals surface area contributed by atoms with Crippen LogP contribution in [0.25, 0.3) is 0 Å². The van der Waals surface area contributed by atoms with Crippen molar-refractivity contribution in [2.24, 2.45) is 0 Å². The second-order valence-electron chi connectivity index (χ2n) is 15.4. The molecule has 5 N–H and O–H groups in total. The molecule has 0 aliphatic heterocycles. The maximum absolute atomic E-state index is 12.4.